The molecule has 664 valence electrons. The van der Waals surface area contributed by atoms with Gasteiger partial charge in [-0.3, -0.25) is 0 Å². The lowest BCUT2D eigenvalue weighted by atomic mass is 9.84. The van der Waals surface area contributed by atoms with Crippen LogP contribution in [0.15, 0.2) is 84.9 Å². The van der Waals surface area contributed by atoms with Crippen molar-refractivity contribution in [3.05, 3.63) is 113 Å². The van der Waals surface area contributed by atoms with E-state index in [1.807, 2.05) is 0 Å². The maximum Gasteiger partial charge on any atom is 0.333 e. The number of carbonyl (C=O) groups is 1. The maximum absolute atomic E-state index is 11.3. The van der Waals surface area contributed by atoms with Crippen LogP contribution in [0.4, 0.5) is 0 Å². The molecule has 0 spiro atoms. The standard InChI is InChI=1S/C88H150O27/c1-6-7-8-9-10-11-12-13-14-17-22-82-77-85(80(4)83-23-18-15-19-24-83)87(86(78-82)81(5)84-25-20-16-21-26-84)114-75-73-112-71-69-110-67-65-108-63-61-106-59-57-104-55-53-102-51-49-100-47-45-98-43-41-96-39-37-94-35-33-92-31-29-90-27-28-91-30-32-93-34-36-95-38-40-97-42-44-99-46-48-101-50-52-103-54-56-105-58-60-107-62-64-109-66-68-111-70-72-113-74-76-115-88(89)79(2)3/h15-16,18-21,23-26,77-78,80-81H,2,6-14,17,22,27-76H2,1,3-5H3. The maximum atomic E-state index is 11.3. The normalized spacial score (nSPS) is 12.2. The molecule has 3 aromatic rings. The summed E-state index contributed by atoms with van der Waals surface area (Å²) in [5.41, 5.74) is 6.80. The summed E-state index contributed by atoms with van der Waals surface area (Å²) in [6.07, 6.45) is 14.4. The van der Waals surface area contributed by atoms with Crippen LogP contribution in [0.1, 0.15) is 132 Å². The van der Waals surface area contributed by atoms with Gasteiger partial charge in [0, 0.05) is 28.5 Å². The zero-order valence-electron chi connectivity index (χ0n) is 70.9. The number of aryl methyl sites for hydroxylation is 1. The zero-order valence-corrected chi connectivity index (χ0v) is 70.9. The highest BCUT2D eigenvalue weighted by molar-refractivity contribution is 5.86. The van der Waals surface area contributed by atoms with Crippen LogP contribution in [0.25, 0.3) is 0 Å². The van der Waals surface area contributed by atoms with E-state index in [0.29, 0.717) is 329 Å². The third-order valence-corrected chi connectivity index (χ3v) is 17.4. The van der Waals surface area contributed by atoms with Gasteiger partial charge in [0.1, 0.15) is 19.0 Å². The minimum atomic E-state index is -0.419. The molecule has 0 amide bonds. The number of carbonyl (C=O) groups excluding carboxylic acids is 1. The van der Waals surface area contributed by atoms with Gasteiger partial charge in [-0.2, -0.15) is 0 Å². The van der Waals surface area contributed by atoms with Crippen LogP contribution in [0.2, 0.25) is 0 Å². The van der Waals surface area contributed by atoms with Crippen molar-refractivity contribution in [3.63, 3.8) is 0 Å². The van der Waals surface area contributed by atoms with Gasteiger partial charge in [-0.1, -0.05) is 158 Å². The number of hydrogen-bond donors (Lipinski definition) is 0. The van der Waals surface area contributed by atoms with Crippen molar-refractivity contribution in [3.8, 4) is 5.75 Å². The van der Waals surface area contributed by atoms with Gasteiger partial charge in [0.05, 0.1) is 317 Å². The average molecular weight is 1640 g/mol. The van der Waals surface area contributed by atoms with Crippen molar-refractivity contribution in [2.24, 2.45) is 0 Å². The Morgan fingerprint density at radius 3 is 0.670 bits per heavy atom. The molecule has 27 heteroatoms. The van der Waals surface area contributed by atoms with Crippen LogP contribution < -0.4 is 4.74 Å². The first-order valence-corrected chi connectivity index (χ1v) is 42.5. The molecule has 27 nitrogen and oxygen atoms in total. The van der Waals surface area contributed by atoms with Gasteiger partial charge in [-0.15, -0.1) is 0 Å². The first-order chi connectivity index (χ1) is 56.9. The number of esters is 1. The van der Waals surface area contributed by atoms with Crippen molar-refractivity contribution < 1.29 is 128 Å². The van der Waals surface area contributed by atoms with Crippen LogP contribution in [0, 0.1) is 0 Å². The average Bonchev–Trinajstić information content (AvgIpc) is 0.785. The Bertz CT molecular complexity index is 2460. The number of unbranched alkanes of at least 4 members (excludes halogenated alkanes) is 9. The van der Waals surface area contributed by atoms with Crippen molar-refractivity contribution in [1.82, 2.24) is 0 Å². The van der Waals surface area contributed by atoms with Crippen LogP contribution in [0.3, 0.4) is 0 Å². The molecule has 0 aliphatic carbocycles. The summed E-state index contributed by atoms with van der Waals surface area (Å²) >= 11 is 0. The van der Waals surface area contributed by atoms with E-state index in [9.17, 15) is 4.79 Å². The van der Waals surface area contributed by atoms with E-state index in [1.54, 1.807) is 6.92 Å². The topological polar surface area (TPSA) is 257 Å². The van der Waals surface area contributed by atoms with Crippen molar-refractivity contribution >= 4 is 5.97 Å². The molecule has 3 aromatic carbocycles. The summed E-state index contributed by atoms with van der Waals surface area (Å²) in [6.45, 7) is 35.3. The van der Waals surface area contributed by atoms with Crippen molar-refractivity contribution in [2.45, 2.75) is 110 Å². The van der Waals surface area contributed by atoms with E-state index in [4.69, 9.17) is 123 Å². The quantitative estimate of drug-likeness (QED) is 0.0289. The van der Waals surface area contributed by atoms with Gasteiger partial charge < -0.3 is 123 Å². The number of benzene rings is 3. The van der Waals surface area contributed by atoms with E-state index in [-0.39, 0.29) is 18.4 Å². The van der Waals surface area contributed by atoms with Gasteiger partial charge in [0.15, 0.2) is 0 Å². The van der Waals surface area contributed by atoms with Gasteiger partial charge in [0.25, 0.3) is 0 Å². The Morgan fingerprint density at radius 1 is 0.270 bits per heavy atom. The molecular formula is C88H150O27. The highest BCUT2D eigenvalue weighted by atomic mass is 16.6. The molecule has 0 bridgehead atoms. The van der Waals surface area contributed by atoms with Crippen molar-refractivity contribution in [2.75, 3.05) is 330 Å². The van der Waals surface area contributed by atoms with Crippen molar-refractivity contribution in [1.29, 1.82) is 0 Å². The summed E-state index contributed by atoms with van der Waals surface area (Å²) < 4.78 is 145. The highest BCUT2D eigenvalue weighted by Gasteiger charge is 2.23. The minimum absolute atomic E-state index is 0.168. The zero-order chi connectivity index (χ0) is 81.8. The van der Waals surface area contributed by atoms with E-state index in [1.165, 1.54) is 92.0 Å². The second kappa shape index (κ2) is 83.4. The fraction of sp³-hybridized carbons (Fsp3) is 0.761. The van der Waals surface area contributed by atoms with E-state index < -0.39 is 5.97 Å². The van der Waals surface area contributed by atoms with Crippen LogP contribution in [-0.4, -0.2) is 336 Å². The second-order valence-corrected chi connectivity index (χ2v) is 26.8. The van der Waals surface area contributed by atoms with E-state index >= 15 is 0 Å². The molecular weight excluding hydrogens is 1490 g/mol. The van der Waals surface area contributed by atoms with Gasteiger partial charge >= 0.3 is 5.97 Å². The fourth-order valence-corrected chi connectivity index (χ4v) is 11.0. The summed E-state index contributed by atoms with van der Waals surface area (Å²) in [5, 5.41) is 0. The monoisotopic (exact) mass is 1640 g/mol. The molecule has 0 aromatic heterocycles. The lowest BCUT2D eigenvalue weighted by molar-refractivity contribution is -0.140. The summed E-state index contributed by atoms with van der Waals surface area (Å²) in [5.74, 6) is 0.894. The molecule has 0 aliphatic heterocycles. The highest BCUT2D eigenvalue weighted by Crippen LogP contribution is 2.41. The summed E-state index contributed by atoms with van der Waals surface area (Å²) in [7, 11) is 0. The van der Waals surface area contributed by atoms with Crippen LogP contribution >= 0.6 is 0 Å². The Balaban J connectivity index is 0.943. The Morgan fingerprint density at radius 2 is 0.461 bits per heavy atom. The Labute approximate surface area is 690 Å². The summed E-state index contributed by atoms with van der Waals surface area (Å²) in [6, 6.07) is 26.4. The molecule has 115 heavy (non-hydrogen) atoms. The van der Waals surface area contributed by atoms with Gasteiger partial charge in [-0.25, -0.2) is 4.79 Å². The lowest BCUT2D eigenvalue weighted by Crippen LogP contribution is -2.16. The smallest absolute Gasteiger partial charge is 0.333 e. The number of ether oxygens (including phenoxy) is 26. The molecule has 2 unspecified atom stereocenters. The number of rotatable bonds is 92. The minimum Gasteiger partial charge on any atom is -0.491 e. The molecule has 0 saturated carbocycles. The van der Waals surface area contributed by atoms with Crippen LogP contribution in [-0.2, 0) is 130 Å². The third kappa shape index (κ3) is 66.2. The molecule has 0 aliphatic rings. The van der Waals surface area contributed by atoms with Crippen LogP contribution in [0.5, 0.6) is 5.75 Å². The predicted molar refractivity (Wildman–Crippen MR) is 441 cm³/mol. The summed E-state index contributed by atoms with van der Waals surface area (Å²) in [4.78, 5) is 11.3. The largest absolute Gasteiger partial charge is 0.491 e. The first kappa shape index (κ1) is 105. The lowest BCUT2D eigenvalue weighted by Gasteiger charge is -2.25. The van der Waals surface area contributed by atoms with E-state index in [2.05, 4.69) is 100 Å². The third-order valence-electron chi connectivity index (χ3n) is 17.4. The SMILES string of the molecule is C=C(C)C(=O)OCCOCCOCCOCCOCCOCCOCCOCCOCCOCCOCCOCCOCCOCCOCCOCCOCCOCCOCCOCCOCCOCCOCCOCCOCCOc1c(C(C)c2ccccc2)cc(CCCCCCCCCCCC)cc1C(C)c1ccccc1. The molecule has 0 heterocycles. The van der Waals surface area contributed by atoms with E-state index in [0.717, 1.165) is 12.2 Å². The molecule has 0 radical (unpaired) electrons. The van der Waals surface area contributed by atoms with Gasteiger partial charge in [-0.05, 0) is 36.5 Å². The Kier molecular flexibility index (Phi) is 76.0. The Hall–Kier alpha value is -4.29. The molecule has 0 saturated heterocycles. The first-order valence-electron chi connectivity index (χ1n) is 42.5. The molecule has 0 N–H and O–H groups in total. The molecule has 0 fully saturated rings. The predicted octanol–water partition coefficient (Wildman–Crippen LogP) is 11.4. The fourth-order valence-electron chi connectivity index (χ4n) is 11.0. The molecule has 2 atom stereocenters. The second-order valence-electron chi connectivity index (χ2n) is 26.8. The van der Waals surface area contributed by atoms with Gasteiger partial charge in [0.2, 0.25) is 0 Å². The number of hydrogen-bond acceptors (Lipinski definition) is 27. The molecule has 3 rings (SSSR count).